The molecule has 4 atom stereocenters. The molecule has 0 aromatic carbocycles. The van der Waals surface area contributed by atoms with Crippen molar-refractivity contribution in [3.05, 3.63) is 85.1 Å². The summed E-state index contributed by atoms with van der Waals surface area (Å²) in [6.07, 6.45) is 53.6. The van der Waals surface area contributed by atoms with Gasteiger partial charge >= 0.3 is 7.82 Å². The van der Waals surface area contributed by atoms with Crippen LogP contribution in [0.4, 0.5) is 0 Å². The summed E-state index contributed by atoms with van der Waals surface area (Å²) >= 11 is 0. The van der Waals surface area contributed by atoms with Gasteiger partial charge in [0.05, 0.1) is 39.9 Å². The number of nitrogens with one attached hydrogen (secondary N) is 1. The zero-order valence-corrected chi connectivity index (χ0v) is 40.4. The normalized spacial score (nSPS) is 15.5. The lowest BCUT2D eigenvalue weighted by Gasteiger charge is -2.28. The van der Waals surface area contributed by atoms with E-state index in [0.29, 0.717) is 23.9 Å². The van der Waals surface area contributed by atoms with Gasteiger partial charge in [-0.25, -0.2) is 4.57 Å². The van der Waals surface area contributed by atoms with E-state index in [2.05, 4.69) is 104 Å². The second-order valence-corrected chi connectivity index (χ2v) is 18.7. The number of hydrogen-bond acceptors (Lipinski definition) is 6. The number of amides is 1. The van der Waals surface area contributed by atoms with E-state index in [4.69, 9.17) is 9.05 Å². The number of unbranched alkanes of at least 4 members (excludes halogenated alkanes) is 14. The van der Waals surface area contributed by atoms with Gasteiger partial charge < -0.3 is 24.9 Å². The number of rotatable bonds is 42. The van der Waals surface area contributed by atoms with Gasteiger partial charge in [0.15, 0.2) is 0 Å². The average molecular weight is 876 g/mol. The molecule has 4 unspecified atom stereocenters. The number of likely N-dealkylation sites (N-methyl/N-ethyl adjacent to an activating group) is 1. The Morgan fingerprint density at radius 2 is 1.02 bits per heavy atom. The van der Waals surface area contributed by atoms with Crippen molar-refractivity contribution in [2.75, 3.05) is 40.9 Å². The summed E-state index contributed by atoms with van der Waals surface area (Å²) in [6.45, 7) is 4.44. The van der Waals surface area contributed by atoms with Gasteiger partial charge in [0.25, 0.3) is 0 Å². The number of allylic oxidation sites excluding steroid dienone is 14. The van der Waals surface area contributed by atoms with Crippen molar-refractivity contribution < 1.29 is 38.0 Å². The van der Waals surface area contributed by atoms with Gasteiger partial charge in [0.2, 0.25) is 5.91 Å². The summed E-state index contributed by atoms with van der Waals surface area (Å²) in [6, 6.07) is -1.06. The Bertz CT molecular complexity index is 1280. The summed E-state index contributed by atoms with van der Waals surface area (Å²) in [5.74, 6) is -0.294. The van der Waals surface area contributed by atoms with E-state index in [0.717, 1.165) is 83.5 Å². The lowest BCUT2D eigenvalue weighted by molar-refractivity contribution is -0.870. The summed E-state index contributed by atoms with van der Waals surface area (Å²) in [4.78, 5) is 23.2. The van der Waals surface area contributed by atoms with Gasteiger partial charge in [0.1, 0.15) is 19.3 Å². The maximum Gasteiger partial charge on any atom is 0.472 e. The lowest BCUT2D eigenvalue weighted by atomic mass is 9.99. The van der Waals surface area contributed by atoms with Crippen LogP contribution in [-0.4, -0.2) is 84.6 Å². The molecule has 4 N–H and O–H groups in total. The lowest BCUT2D eigenvalue weighted by Crippen LogP contribution is -2.51. The number of nitrogens with zero attached hydrogens (tertiary/aromatic N) is 1. The summed E-state index contributed by atoms with van der Waals surface area (Å²) in [7, 11) is 1.40. The molecule has 0 aromatic rings. The molecule has 0 aliphatic rings. The highest BCUT2D eigenvalue weighted by molar-refractivity contribution is 7.47. The number of carbonyl (C=O) groups is 1. The maximum atomic E-state index is 12.9. The van der Waals surface area contributed by atoms with Crippen molar-refractivity contribution in [2.24, 2.45) is 0 Å². The third kappa shape index (κ3) is 42.7. The third-order valence-electron chi connectivity index (χ3n) is 10.3. The maximum absolute atomic E-state index is 12.9. The first kappa shape index (κ1) is 58.6. The average Bonchev–Trinajstić information content (AvgIpc) is 3.21. The molecule has 0 heterocycles. The Hall–Kier alpha value is -2.36. The zero-order valence-electron chi connectivity index (χ0n) is 39.5. The molecule has 0 fully saturated rings. The fourth-order valence-electron chi connectivity index (χ4n) is 6.41. The monoisotopic (exact) mass is 876 g/mol. The Morgan fingerprint density at radius 1 is 0.590 bits per heavy atom. The molecular formula is C51H92N2O7P+. The van der Waals surface area contributed by atoms with Gasteiger partial charge in [-0.15, -0.1) is 0 Å². The van der Waals surface area contributed by atoms with E-state index in [-0.39, 0.29) is 18.9 Å². The zero-order chi connectivity index (χ0) is 45.1. The van der Waals surface area contributed by atoms with Crippen molar-refractivity contribution in [1.82, 2.24) is 5.32 Å². The van der Waals surface area contributed by atoms with Crippen LogP contribution in [0.3, 0.4) is 0 Å². The van der Waals surface area contributed by atoms with Crippen molar-refractivity contribution in [3.8, 4) is 0 Å². The van der Waals surface area contributed by atoms with Crippen LogP contribution in [0.5, 0.6) is 0 Å². The van der Waals surface area contributed by atoms with E-state index in [9.17, 15) is 24.5 Å². The molecule has 0 spiro atoms. The number of phosphoric acid groups is 1. The number of phosphoric ester groups is 1. The molecule has 9 nitrogen and oxygen atoms in total. The molecule has 0 bridgehead atoms. The van der Waals surface area contributed by atoms with E-state index in [1.165, 1.54) is 57.8 Å². The van der Waals surface area contributed by atoms with Crippen molar-refractivity contribution in [1.29, 1.82) is 0 Å². The smallest absolute Gasteiger partial charge is 0.390 e. The SMILES string of the molecule is CC/C=C\C/C=C\C/C=C\C/C=C\C/C=C\C/C=C\C/C=C\CCCCCC(=O)NC(COP(=O)(O)OCC[N+](C)(C)C)C(O)C(O)CCCCCCCCCCCCCC. The highest BCUT2D eigenvalue weighted by Crippen LogP contribution is 2.43. The molecule has 0 aromatic heterocycles. The van der Waals surface area contributed by atoms with Crippen molar-refractivity contribution >= 4 is 13.7 Å². The minimum Gasteiger partial charge on any atom is -0.390 e. The number of aliphatic hydroxyl groups is 2. The third-order valence-corrected chi connectivity index (χ3v) is 11.2. The van der Waals surface area contributed by atoms with Crippen LogP contribution < -0.4 is 5.32 Å². The molecule has 0 saturated heterocycles. The van der Waals surface area contributed by atoms with Crippen LogP contribution in [0, 0.1) is 0 Å². The van der Waals surface area contributed by atoms with Gasteiger partial charge in [-0.05, 0) is 70.6 Å². The van der Waals surface area contributed by atoms with Crippen LogP contribution in [-0.2, 0) is 18.4 Å². The number of quaternary nitrogens is 1. The van der Waals surface area contributed by atoms with Crippen LogP contribution in [0.25, 0.3) is 0 Å². The Labute approximate surface area is 374 Å². The van der Waals surface area contributed by atoms with E-state index >= 15 is 0 Å². The fourth-order valence-corrected chi connectivity index (χ4v) is 7.15. The minimum atomic E-state index is -4.43. The number of carbonyl (C=O) groups excluding carboxylic acids is 1. The molecule has 61 heavy (non-hydrogen) atoms. The van der Waals surface area contributed by atoms with Crippen LogP contribution in [0.15, 0.2) is 85.1 Å². The number of aliphatic hydroxyl groups excluding tert-OH is 2. The largest absolute Gasteiger partial charge is 0.472 e. The van der Waals surface area contributed by atoms with Gasteiger partial charge in [-0.1, -0.05) is 182 Å². The van der Waals surface area contributed by atoms with Gasteiger partial charge in [-0.2, -0.15) is 0 Å². The van der Waals surface area contributed by atoms with Gasteiger partial charge in [-0.3, -0.25) is 13.8 Å². The first-order valence-electron chi connectivity index (χ1n) is 24.0. The second kappa shape index (κ2) is 41.6. The van der Waals surface area contributed by atoms with Gasteiger partial charge in [0, 0.05) is 6.42 Å². The summed E-state index contributed by atoms with van der Waals surface area (Å²) in [5.41, 5.74) is 0. The predicted octanol–water partition coefficient (Wildman–Crippen LogP) is 12.7. The molecule has 0 radical (unpaired) electrons. The molecule has 0 rings (SSSR count). The van der Waals surface area contributed by atoms with Crippen LogP contribution >= 0.6 is 7.82 Å². The van der Waals surface area contributed by atoms with Crippen molar-refractivity contribution in [2.45, 2.75) is 193 Å². The standard InChI is InChI=1S/C51H91N2O7P/c1-6-8-10-12-14-16-18-20-21-22-23-24-25-26-27-28-29-30-31-32-34-36-38-40-42-44-50(55)52-48(47-60-61(57,58)59-46-45-53(3,4)5)51(56)49(54)43-41-39-37-35-33-19-17-15-13-11-9-7-2/h8,10,14,16,20-21,23-24,26-27,29-30,32,34,48-49,51,54,56H,6-7,9,11-13,15,17-19,22,25,28,31,33,35-47H2,1-5H3,(H-,52,55,57,58)/p+1/b10-8-,16-14-,21-20-,24-23-,27-26-,30-29-,34-32-. The Balaban J connectivity index is 4.49. The van der Waals surface area contributed by atoms with Crippen LogP contribution in [0.2, 0.25) is 0 Å². The Morgan fingerprint density at radius 3 is 1.48 bits per heavy atom. The molecule has 0 aliphatic carbocycles. The summed E-state index contributed by atoms with van der Waals surface area (Å²) < 4.78 is 23.5. The van der Waals surface area contributed by atoms with E-state index in [1.54, 1.807) is 0 Å². The van der Waals surface area contributed by atoms with E-state index in [1.807, 2.05) is 21.1 Å². The summed E-state index contributed by atoms with van der Waals surface area (Å²) in [5, 5.41) is 24.7. The number of hydrogen-bond donors (Lipinski definition) is 4. The second-order valence-electron chi connectivity index (χ2n) is 17.2. The molecule has 0 aliphatic heterocycles. The molecule has 1 amide bonds. The molecule has 352 valence electrons. The molecule has 10 heteroatoms. The highest BCUT2D eigenvalue weighted by Gasteiger charge is 2.31. The van der Waals surface area contributed by atoms with Crippen LogP contribution in [0.1, 0.15) is 174 Å². The fraction of sp³-hybridized carbons (Fsp3) is 0.706. The van der Waals surface area contributed by atoms with E-state index < -0.39 is 32.7 Å². The topological polar surface area (TPSA) is 125 Å². The minimum absolute atomic E-state index is 0.0101. The van der Waals surface area contributed by atoms with Crippen molar-refractivity contribution in [3.63, 3.8) is 0 Å². The molecule has 0 saturated carbocycles. The quantitative estimate of drug-likeness (QED) is 0.0208. The predicted molar refractivity (Wildman–Crippen MR) is 259 cm³/mol. The first-order valence-corrected chi connectivity index (χ1v) is 25.5. The highest BCUT2D eigenvalue weighted by atomic mass is 31.2. The first-order chi connectivity index (χ1) is 29.4. The molecular weight excluding hydrogens is 784 g/mol. The Kier molecular flexibility index (Phi) is 40.0.